The van der Waals surface area contributed by atoms with Gasteiger partial charge in [-0.05, 0) is 61.4 Å². The van der Waals surface area contributed by atoms with E-state index < -0.39 is 24.5 Å². The molecular weight excluding hydrogens is 372 g/mol. The van der Waals surface area contributed by atoms with Crippen LogP contribution < -0.4 is 16.0 Å². The van der Waals surface area contributed by atoms with Crippen molar-refractivity contribution in [3.63, 3.8) is 0 Å². The van der Waals surface area contributed by atoms with Crippen molar-refractivity contribution in [2.75, 3.05) is 23.4 Å². The highest BCUT2D eigenvalue weighted by Crippen LogP contribution is 2.20. The van der Waals surface area contributed by atoms with Gasteiger partial charge in [0.15, 0.2) is 6.61 Å². The highest BCUT2D eigenvalue weighted by Gasteiger charge is 2.19. The summed E-state index contributed by atoms with van der Waals surface area (Å²) in [5.74, 6) is -1.10. The number of nitriles is 1. The number of esters is 1. The zero-order valence-corrected chi connectivity index (χ0v) is 16.3. The maximum atomic E-state index is 12.7. The number of anilines is 2. The number of ether oxygens (including phenoxy) is 1. The molecule has 2 aromatic rings. The number of carbonyl (C=O) groups is 3. The smallest absolute Gasteiger partial charge is 0.338 e. The van der Waals surface area contributed by atoms with E-state index in [1.165, 1.54) is 29.2 Å². The van der Waals surface area contributed by atoms with E-state index >= 15 is 0 Å². The van der Waals surface area contributed by atoms with Gasteiger partial charge >= 0.3 is 12.0 Å². The predicted molar refractivity (Wildman–Crippen MR) is 108 cm³/mol. The molecule has 8 heteroatoms. The monoisotopic (exact) mass is 394 g/mol. The molecule has 0 aliphatic heterocycles. The van der Waals surface area contributed by atoms with Gasteiger partial charge in [-0.2, -0.15) is 5.26 Å². The molecule has 0 aliphatic rings. The Bertz CT molecular complexity index is 928. The summed E-state index contributed by atoms with van der Waals surface area (Å²) < 4.78 is 5.13. The van der Waals surface area contributed by atoms with Gasteiger partial charge in [-0.1, -0.05) is 6.07 Å². The Hall–Kier alpha value is -3.86. The van der Waals surface area contributed by atoms with E-state index in [4.69, 9.17) is 15.7 Å². The number of nitrogens with one attached hydrogen (secondary N) is 1. The molecule has 150 valence electrons. The molecule has 0 unspecified atom stereocenters. The van der Waals surface area contributed by atoms with Gasteiger partial charge in [-0.15, -0.1) is 0 Å². The first-order chi connectivity index (χ1) is 13.8. The SMILES string of the molecule is Cc1cc(C)cc(N(CCC#N)C(=O)COC(=O)c2ccc(NC(N)=O)cc2)c1. The second-order valence-electron chi connectivity index (χ2n) is 6.44. The predicted octanol–water partition coefficient (Wildman–Crippen LogP) is 2.90. The molecule has 2 aromatic carbocycles. The Labute approximate surface area is 168 Å². The Morgan fingerprint density at radius 1 is 1.10 bits per heavy atom. The molecule has 29 heavy (non-hydrogen) atoms. The highest BCUT2D eigenvalue weighted by atomic mass is 16.5. The zero-order valence-electron chi connectivity index (χ0n) is 16.3. The third-order valence-electron chi connectivity index (χ3n) is 3.98. The first-order valence-electron chi connectivity index (χ1n) is 8.89. The second-order valence-corrected chi connectivity index (χ2v) is 6.44. The minimum absolute atomic E-state index is 0.154. The number of primary amides is 1. The Morgan fingerprint density at radius 3 is 2.28 bits per heavy atom. The van der Waals surface area contributed by atoms with Crippen molar-refractivity contribution in [1.29, 1.82) is 5.26 Å². The van der Waals surface area contributed by atoms with Crippen molar-refractivity contribution in [1.82, 2.24) is 0 Å². The van der Waals surface area contributed by atoms with E-state index in [1.54, 1.807) is 0 Å². The van der Waals surface area contributed by atoms with E-state index in [2.05, 4.69) is 5.32 Å². The van der Waals surface area contributed by atoms with Crippen LogP contribution in [0.3, 0.4) is 0 Å². The maximum absolute atomic E-state index is 12.7. The van der Waals surface area contributed by atoms with Crippen LogP contribution in [0.4, 0.5) is 16.2 Å². The molecule has 0 heterocycles. The van der Waals surface area contributed by atoms with Crippen molar-refractivity contribution >= 4 is 29.3 Å². The van der Waals surface area contributed by atoms with Crippen LogP contribution in [0, 0.1) is 25.2 Å². The lowest BCUT2D eigenvalue weighted by atomic mass is 10.1. The number of hydrogen-bond donors (Lipinski definition) is 2. The number of carbonyl (C=O) groups excluding carboxylic acids is 3. The lowest BCUT2D eigenvalue weighted by molar-refractivity contribution is -0.121. The molecule has 8 nitrogen and oxygen atoms in total. The van der Waals surface area contributed by atoms with E-state index in [9.17, 15) is 14.4 Å². The van der Waals surface area contributed by atoms with Crippen LogP contribution in [-0.2, 0) is 9.53 Å². The fourth-order valence-corrected chi connectivity index (χ4v) is 2.79. The molecule has 0 saturated heterocycles. The number of amides is 3. The molecule has 0 atom stereocenters. The van der Waals surface area contributed by atoms with Crippen LogP contribution in [0.1, 0.15) is 27.9 Å². The molecule has 0 spiro atoms. The summed E-state index contributed by atoms with van der Waals surface area (Å²) in [7, 11) is 0. The number of nitrogens with zero attached hydrogens (tertiary/aromatic N) is 2. The van der Waals surface area contributed by atoms with Gasteiger partial charge in [0.25, 0.3) is 5.91 Å². The van der Waals surface area contributed by atoms with Crippen LogP contribution in [0.15, 0.2) is 42.5 Å². The lowest BCUT2D eigenvalue weighted by Crippen LogP contribution is -2.35. The largest absolute Gasteiger partial charge is 0.452 e. The number of urea groups is 1. The maximum Gasteiger partial charge on any atom is 0.338 e. The first-order valence-corrected chi connectivity index (χ1v) is 8.89. The zero-order chi connectivity index (χ0) is 21.4. The summed E-state index contributed by atoms with van der Waals surface area (Å²) in [4.78, 5) is 37.1. The molecule has 0 bridgehead atoms. The number of aryl methyl sites for hydroxylation is 2. The standard InChI is InChI=1S/C21H22N4O4/c1-14-10-15(2)12-18(11-14)25(9-3-8-22)19(26)13-29-20(27)16-4-6-17(7-5-16)24-21(23)28/h4-7,10-12H,3,9,13H2,1-2H3,(H3,23,24,28). The fourth-order valence-electron chi connectivity index (χ4n) is 2.79. The van der Waals surface area contributed by atoms with Crippen LogP contribution in [0.5, 0.6) is 0 Å². The summed E-state index contributed by atoms with van der Waals surface area (Å²) in [6.45, 7) is 3.57. The third kappa shape index (κ3) is 6.36. The molecule has 0 aliphatic carbocycles. The Kier molecular flexibility index (Phi) is 7.32. The molecule has 0 saturated carbocycles. The number of hydrogen-bond acceptors (Lipinski definition) is 5. The third-order valence-corrected chi connectivity index (χ3v) is 3.98. The topological polar surface area (TPSA) is 126 Å². The molecule has 0 fully saturated rings. The lowest BCUT2D eigenvalue weighted by Gasteiger charge is -2.22. The summed E-state index contributed by atoms with van der Waals surface area (Å²) >= 11 is 0. The average Bonchev–Trinajstić information content (AvgIpc) is 2.65. The van der Waals surface area contributed by atoms with Gasteiger partial charge in [0.05, 0.1) is 18.1 Å². The van der Waals surface area contributed by atoms with Crippen molar-refractivity contribution in [2.45, 2.75) is 20.3 Å². The minimum atomic E-state index is -0.713. The average molecular weight is 394 g/mol. The van der Waals surface area contributed by atoms with Gasteiger partial charge in [0, 0.05) is 17.9 Å². The fraction of sp³-hybridized carbons (Fsp3) is 0.238. The molecule has 3 N–H and O–H groups in total. The van der Waals surface area contributed by atoms with Crippen LogP contribution in [0.25, 0.3) is 0 Å². The Balaban J connectivity index is 2.06. The molecule has 0 radical (unpaired) electrons. The summed E-state index contributed by atoms with van der Waals surface area (Å²) in [5, 5.41) is 11.3. The van der Waals surface area contributed by atoms with E-state index in [-0.39, 0.29) is 18.5 Å². The van der Waals surface area contributed by atoms with E-state index in [1.807, 2.05) is 38.1 Å². The van der Waals surface area contributed by atoms with Gasteiger partial charge in [-0.25, -0.2) is 9.59 Å². The summed E-state index contributed by atoms with van der Waals surface area (Å²) in [6.07, 6.45) is 0.154. The van der Waals surface area contributed by atoms with Gasteiger partial charge in [0.1, 0.15) is 0 Å². The van der Waals surface area contributed by atoms with Crippen LogP contribution in [0.2, 0.25) is 0 Å². The van der Waals surface area contributed by atoms with Crippen LogP contribution >= 0.6 is 0 Å². The van der Waals surface area contributed by atoms with Gasteiger partial charge in [0.2, 0.25) is 0 Å². The summed E-state index contributed by atoms with van der Waals surface area (Å²) in [6, 6.07) is 12.9. The van der Waals surface area contributed by atoms with Crippen LogP contribution in [-0.4, -0.2) is 31.1 Å². The number of rotatable bonds is 7. The van der Waals surface area contributed by atoms with E-state index in [0.717, 1.165) is 11.1 Å². The molecular formula is C21H22N4O4. The number of benzene rings is 2. The first kappa shape index (κ1) is 21.4. The summed E-state index contributed by atoms with van der Waals surface area (Å²) in [5.41, 5.74) is 8.31. The number of nitrogens with two attached hydrogens (primary N) is 1. The quantitative estimate of drug-likeness (QED) is 0.699. The van der Waals surface area contributed by atoms with Crippen molar-refractivity contribution in [2.24, 2.45) is 5.73 Å². The molecule has 0 aromatic heterocycles. The van der Waals surface area contributed by atoms with Crippen molar-refractivity contribution < 1.29 is 19.1 Å². The highest BCUT2D eigenvalue weighted by molar-refractivity contribution is 5.97. The van der Waals surface area contributed by atoms with Gasteiger partial charge in [-0.3, -0.25) is 4.79 Å². The minimum Gasteiger partial charge on any atom is -0.452 e. The van der Waals surface area contributed by atoms with Crippen molar-refractivity contribution in [3.05, 3.63) is 59.2 Å². The van der Waals surface area contributed by atoms with Gasteiger partial charge < -0.3 is 20.7 Å². The van der Waals surface area contributed by atoms with Crippen molar-refractivity contribution in [3.8, 4) is 6.07 Å². The molecule has 2 rings (SSSR count). The molecule has 3 amide bonds. The second kappa shape index (κ2) is 9.90. The van der Waals surface area contributed by atoms with E-state index in [0.29, 0.717) is 11.4 Å². The Morgan fingerprint density at radius 2 is 1.72 bits per heavy atom. The normalized spacial score (nSPS) is 9.97.